The van der Waals surface area contributed by atoms with Crippen LogP contribution in [-0.2, 0) is 9.53 Å². The van der Waals surface area contributed by atoms with E-state index in [1.807, 2.05) is 45.1 Å². The highest BCUT2D eigenvalue weighted by molar-refractivity contribution is 5.91. The number of ether oxygens (including phenoxy) is 3. The molecule has 1 aromatic carbocycles. The molecule has 1 amide bonds. The van der Waals surface area contributed by atoms with Crippen LogP contribution < -0.4 is 14.8 Å². The second-order valence-electron chi connectivity index (χ2n) is 7.12. The summed E-state index contributed by atoms with van der Waals surface area (Å²) in [6.45, 7) is 7.37. The number of carbonyl (C=O) groups is 1. The fraction of sp³-hybridized carbons (Fsp3) is 0.450. The summed E-state index contributed by atoms with van der Waals surface area (Å²) in [6, 6.07) is 3.77. The van der Waals surface area contributed by atoms with Gasteiger partial charge in [0, 0.05) is 12.6 Å². The maximum atomic E-state index is 11.7. The summed E-state index contributed by atoms with van der Waals surface area (Å²) >= 11 is 0. The standard InChI is InChI=1S/C20H25NO5/c1-20(2,3)26-13-18(22)21-8-5-10-25-19-14-6-4-9-23-16(14)12-17-15(19)7-11-24-17/h4,6-7,11-12H,5,8-10,13H2,1-3H3,(H,21,22). The Hall–Kier alpha value is -2.47. The number of furan rings is 1. The van der Waals surface area contributed by atoms with Gasteiger partial charge in [-0.25, -0.2) is 0 Å². The molecule has 0 spiro atoms. The van der Waals surface area contributed by atoms with Crippen molar-refractivity contribution in [2.45, 2.75) is 32.8 Å². The molecule has 0 saturated heterocycles. The van der Waals surface area contributed by atoms with Crippen LogP contribution in [0.15, 0.2) is 28.9 Å². The predicted octanol–water partition coefficient (Wildman–Crippen LogP) is 3.54. The van der Waals surface area contributed by atoms with Crippen LogP contribution in [0, 0.1) is 0 Å². The van der Waals surface area contributed by atoms with Gasteiger partial charge in [0.05, 0.1) is 29.4 Å². The number of hydrogen-bond acceptors (Lipinski definition) is 5. The lowest BCUT2D eigenvalue weighted by Crippen LogP contribution is -2.33. The summed E-state index contributed by atoms with van der Waals surface area (Å²) in [6.07, 6.45) is 6.29. The quantitative estimate of drug-likeness (QED) is 0.766. The van der Waals surface area contributed by atoms with E-state index in [2.05, 4.69) is 5.32 Å². The lowest BCUT2D eigenvalue weighted by Gasteiger charge is -2.19. The highest BCUT2D eigenvalue weighted by atomic mass is 16.5. The van der Waals surface area contributed by atoms with Gasteiger partial charge in [0.2, 0.25) is 5.91 Å². The van der Waals surface area contributed by atoms with Crippen LogP contribution in [0.2, 0.25) is 0 Å². The molecule has 0 bridgehead atoms. The average Bonchev–Trinajstić information content (AvgIpc) is 3.06. The van der Waals surface area contributed by atoms with Gasteiger partial charge in [0.15, 0.2) is 0 Å². The molecule has 6 nitrogen and oxygen atoms in total. The van der Waals surface area contributed by atoms with E-state index in [0.29, 0.717) is 26.2 Å². The van der Waals surface area contributed by atoms with Crippen molar-refractivity contribution in [3.63, 3.8) is 0 Å². The highest BCUT2D eigenvalue weighted by Gasteiger charge is 2.18. The topological polar surface area (TPSA) is 69.9 Å². The minimum atomic E-state index is -0.321. The van der Waals surface area contributed by atoms with Gasteiger partial charge in [-0.15, -0.1) is 0 Å². The van der Waals surface area contributed by atoms with Gasteiger partial charge in [-0.3, -0.25) is 4.79 Å². The van der Waals surface area contributed by atoms with E-state index in [9.17, 15) is 4.79 Å². The van der Waals surface area contributed by atoms with E-state index in [0.717, 1.165) is 28.0 Å². The Morgan fingerprint density at radius 3 is 3.00 bits per heavy atom. The van der Waals surface area contributed by atoms with Crippen LogP contribution in [0.25, 0.3) is 17.0 Å². The van der Waals surface area contributed by atoms with E-state index in [1.54, 1.807) is 6.26 Å². The van der Waals surface area contributed by atoms with Crippen molar-refractivity contribution in [2.24, 2.45) is 0 Å². The third kappa shape index (κ3) is 4.58. The van der Waals surface area contributed by atoms with E-state index in [1.165, 1.54) is 0 Å². The smallest absolute Gasteiger partial charge is 0.246 e. The number of fused-ring (bicyclic) bond motifs is 2. The summed E-state index contributed by atoms with van der Waals surface area (Å²) < 4.78 is 22.6. The molecule has 0 fully saturated rings. The molecule has 3 rings (SSSR count). The number of carbonyl (C=O) groups excluding carboxylic acids is 1. The van der Waals surface area contributed by atoms with E-state index >= 15 is 0 Å². The molecule has 2 heterocycles. The van der Waals surface area contributed by atoms with E-state index in [4.69, 9.17) is 18.6 Å². The van der Waals surface area contributed by atoms with Crippen LogP contribution in [-0.4, -0.2) is 37.9 Å². The SMILES string of the molecule is CC(C)(C)OCC(=O)NCCCOc1c2c(cc3occc13)OCC=C2. The van der Waals surface area contributed by atoms with Gasteiger partial charge >= 0.3 is 0 Å². The number of hydrogen-bond donors (Lipinski definition) is 1. The fourth-order valence-electron chi connectivity index (χ4n) is 2.62. The summed E-state index contributed by atoms with van der Waals surface area (Å²) in [5.41, 5.74) is 1.34. The molecule has 26 heavy (non-hydrogen) atoms. The van der Waals surface area contributed by atoms with Gasteiger partial charge in [0.25, 0.3) is 0 Å². The summed E-state index contributed by atoms with van der Waals surface area (Å²) in [5, 5.41) is 3.75. The van der Waals surface area contributed by atoms with E-state index < -0.39 is 0 Å². The fourth-order valence-corrected chi connectivity index (χ4v) is 2.62. The molecule has 6 heteroatoms. The van der Waals surface area contributed by atoms with Crippen LogP contribution in [0.4, 0.5) is 0 Å². The van der Waals surface area contributed by atoms with Crippen molar-refractivity contribution in [2.75, 3.05) is 26.4 Å². The Morgan fingerprint density at radius 1 is 1.35 bits per heavy atom. The first-order valence-corrected chi connectivity index (χ1v) is 8.81. The average molecular weight is 359 g/mol. The van der Waals surface area contributed by atoms with Gasteiger partial charge in [0.1, 0.15) is 30.3 Å². The Morgan fingerprint density at radius 2 is 2.19 bits per heavy atom. The minimum Gasteiger partial charge on any atom is -0.492 e. The monoisotopic (exact) mass is 359 g/mol. The molecule has 0 aliphatic carbocycles. The lowest BCUT2D eigenvalue weighted by atomic mass is 10.1. The third-order valence-corrected chi connectivity index (χ3v) is 3.86. The van der Waals surface area contributed by atoms with Crippen molar-refractivity contribution < 1.29 is 23.4 Å². The third-order valence-electron chi connectivity index (χ3n) is 3.86. The van der Waals surface area contributed by atoms with Gasteiger partial charge in [-0.1, -0.05) is 0 Å². The molecule has 1 aliphatic rings. The van der Waals surface area contributed by atoms with Crippen molar-refractivity contribution >= 4 is 23.0 Å². The first-order valence-electron chi connectivity index (χ1n) is 8.81. The van der Waals surface area contributed by atoms with Crippen LogP contribution in [0.5, 0.6) is 11.5 Å². The molecule has 0 unspecified atom stereocenters. The summed E-state index contributed by atoms with van der Waals surface area (Å²) in [5.74, 6) is 1.40. The van der Waals surface area contributed by atoms with Crippen molar-refractivity contribution in [3.8, 4) is 11.5 Å². The van der Waals surface area contributed by atoms with Crippen LogP contribution in [0.1, 0.15) is 32.8 Å². The van der Waals surface area contributed by atoms with Crippen LogP contribution >= 0.6 is 0 Å². The first kappa shape index (κ1) is 18.3. The summed E-state index contributed by atoms with van der Waals surface area (Å²) in [7, 11) is 0. The van der Waals surface area contributed by atoms with Crippen molar-refractivity contribution in [3.05, 3.63) is 30.0 Å². The van der Waals surface area contributed by atoms with Crippen molar-refractivity contribution in [1.82, 2.24) is 5.32 Å². The Labute approximate surface area is 153 Å². The molecular formula is C20H25NO5. The molecule has 0 atom stereocenters. The van der Waals surface area contributed by atoms with Gasteiger partial charge in [-0.05, 0) is 45.4 Å². The largest absolute Gasteiger partial charge is 0.492 e. The van der Waals surface area contributed by atoms with Crippen LogP contribution in [0.3, 0.4) is 0 Å². The number of amides is 1. The summed E-state index contributed by atoms with van der Waals surface area (Å²) in [4.78, 5) is 11.7. The number of nitrogens with one attached hydrogen (secondary N) is 1. The lowest BCUT2D eigenvalue weighted by molar-refractivity contribution is -0.130. The Bertz CT molecular complexity index is 800. The molecule has 1 aromatic heterocycles. The molecule has 0 radical (unpaired) electrons. The zero-order chi connectivity index (χ0) is 18.6. The molecular weight excluding hydrogens is 334 g/mol. The van der Waals surface area contributed by atoms with Gasteiger partial charge in [-0.2, -0.15) is 0 Å². The number of rotatable bonds is 7. The van der Waals surface area contributed by atoms with Crippen molar-refractivity contribution in [1.29, 1.82) is 0 Å². The second kappa shape index (κ2) is 7.83. The molecule has 1 aliphatic heterocycles. The zero-order valence-electron chi connectivity index (χ0n) is 15.5. The maximum Gasteiger partial charge on any atom is 0.246 e. The Kier molecular flexibility index (Phi) is 5.52. The molecule has 1 N–H and O–H groups in total. The molecule has 2 aromatic rings. The second-order valence-corrected chi connectivity index (χ2v) is 7.12. The first-order chi connectivity index (χ1) is 12.4. The number of benzene rings is 1. The normalized spacial score (nSPS) is 13.3. The maximum absolute atomic E-state index is 11.7. The highest BCUT2D eigenvalue weighted by Crippen LogP contribution is 2.40. The van der Waals surface area contributed by atoms with Gasteiger partial charge < -0.3 is 23.9 Å². The molecule has 140 valence electrons. The Balaban J connectivity index is 1.52. The van der Waals surface area contributed by atoms with E-state index in [-0.39, 0.29) is 18.1 Å². The predicted molar refractivity (Wildman–Crippen MR) is 99.6 cm³/mol. The molecule has 0 saturated carbocycles. The minimum absolute atomic E-state index is 0.0638. The zero-order valence-corrected chi connectivity index (χ0v) is 15.5.